The van der Waals surface area contributed by atoms with Crippen LogP contribution in [0, 0.1) is 13.8 Å². The van der Waals surface area contributed by atoms with Gasteiger partial charge in [0.25, 0.3) is 5.91 Å². The lowest BCUT2D eigenvalue weighted by Gasteiger charge is -2.26. The van der Waals surface area contributed by atoms with E-state index < -0.39 is 17.7 Å². The number of hydrogen-bond donors (Lipinski definition) is 1. The van der Waals surface area contributed by atoms with Crippen molar-refractivity contribution < 1.29 is 14.7 Å². The van der Waals surface area contributed by atoms with Gasteiger partial charge in [-0.25, -0.2) is 0 Å². The van der Waals surface area contributed by atoms with E-state index in [0.717, 1.165) is 16.7 Å². The van der Waals surface area contributed by atoms with Crippen molar-refractivity contribution in [3.8, 4) is 0 Å². The first-order chi connectivity index (χ1) is 15.0. The van der Waals surface area contributed by atoms with Crippen LogP contribution in [0.3, 0.4) is 0 Å². The molecule has 31 heavy (non-hydrogen) atoms. The van der Waals surface area contributed by atoms with Crippen molar-refractivity contribution in [2.75, 3.05) is 4.90 Å². The van der Waals surface area contributed by atoms with E-state index in [0.29, 0.717) is 17.8 Å². The van der Waals surface area contributed by atoms with E-state index in [2.05, 4.69) is 4.98 Å². The molecule has 1 aromatic heterocycles. The Morgan fingerprint density at radius 1 is 1.00 bits per heavy atom. The SMILES string of the molecule is Cc1ccc(N2C(=O)C(O)=C(C(=O)CCc3ccccc3)C2c2ccccn2)cc1C. The number of carbonyl (C=O) groups excluding carboxylic acids is 2. The summed E-state index contributed by atoms with van der Waals surface area (Å²) in [5.74, 6) is -1.33. The van der Waals surface area contributed by atoms with Gasteiger partial charge in [0.15, 0.2) is 11.5 Å². The largest absolute Gasteiger partial charge is 0.503 e. The van der Waals surface area contributed by atoms with Crippen LogP contribution in [0.15, 0.2) is 84.3 Å². The summed E-state index contributed by atoms with van der Waals surface area (Å²) in [4.78, 5) is 32.2. The molecule has 0 spiro atoms. The van der Waals surface area contributed by atoms with Crippen LogP contribution in [-0.2, 0) is 16.0 Å². The van der Waals surface area contributed by atoms with Crippen LogP contribution in [-0.4, -0.2) is 21.8 Å². The Morgan fingerprint density at radius 2 is 1.74 bits per heavy atom. The molecule has 1 aliphatic rings. The zero-order chi connectivity index (χ0) is 22.0. The Balaban J connectivity index is 1.72. The molecule has 0 saturated heterocycles. The number of amides is 1. The number of aromatic nitrogens is 1. The molecule has 1 atom stereocenters. The quantitative estimate of drug-likeness (QED) is 0.631. The topological polar surface area (TPSA) is 70.5 Å². The summed E-state index contributed by atoms with van der Waals surface area (Å²) < 4.78 is 0. The number of nitrogens with zero attached hydrogens (tertiary/aromatic N) is 2. The predicted molar refractivity (Wildman–Crippen MR) is 120 cm³/mol. The van der Waals surface area contributed by atoms with E-state index in [9.17, 15) is 14.7 Å². The zero-order valence-corrected chi connectivity index (χ0v) is 17.6. The van der Waals surface area contributed by atoms with Gasteiger partial charge in [0, 0.05) is 18.3 Å². The smallest absolute Gasteiger partial charge is 0.294 e. The molecule has 1 unspecified atom stereocenters. The van der Waals surface area contributed by atoms with E-state index in [1.807, 2.05) is 68.4 Å². The highest BCUT2D eigenvalue weighted by Gasteiger charge is 2.44. The molecular formula is C26H24N2O3. The van der Waals surface area contributed by atoms with Crippen molar-refractivity contribution in [1.29, 1.82) is 0 Å². The third-order valence-corrected chi connectivity index (χ3v) is 5.73. The molecular weight excluding hydrogens is 388 g/mol. The maximum Gasteiger partial charge on any atom is 0.294 e. The average molecular weight is 412 g/mol. The number of carbonyl (C=O) groups is 2. The number of hydrogen-bond acceptors (Lipinski definition) is 4. The Kier molecular flexibility index (Phi) is 5.67. The molecule has 5 nitrogen and oxygen atoms in total. The van der Waals surface area contributed by atoms with E-state index >= 15 is 0 Å². The molecule has 156 valence electrons. The lowest BCUT2D eigenvalue weighted by atomic mass is 9.95. The minimum absolute atomic E-state index is 0.109. The van der Waals surface area contributed by atoms with Gasteiger partial charge in [0.05, 0.1) is 11.3 Å². The van der Waals surface area contributed by atoms with Crippen LogP contribution in [0.1, 0.15) is 34.8 Å². The van der Waals surface area contributed by atoms with Gasteiger partial charge >= 0.3 is 0 Å². The van der Waals surface area contributed by atoms with Gasteiger partial charge in [-0.15, -0.1) is 0 Å². The number of rotatable bonds is 6. The second kappa shape index (κ2) is 8.56. The second-order valence-corrected chi connectivity index (χ2v) is 7.77. The van der Waals surface area contributed by atoms with E-state index in [4.69, 9.17) is 0 Å². The minimum Gasteiger partial charge on any atom is -0.503 e. The van der Waals surface area contributed by atoms with Crippen molar-refractivity contribution in [2.24, 2.45) is 0 Å². The molecule has 0 fully saturated rings. The molecule has 1 amide bonds. The average Bonchev–Trinajstić information content (AvgIpc) is 3.06. The first-order valence-electron chi connectivity index (χ1n) is 10.3. The van der Waals surface area contributed by atoms with Crippen molar-refractivity contribution in [3.63, 3.8) is 0 Å². The summed E-state index contributed by atoms with van der Waals surface area (Å²) in [6.45, 7) is 3.96. The summed E-state index contributed by atoms with van der Waals surface area (Å²) in [7, 11) is 0. The standard InChI is InChI=1S/C26H24N2O3/c1-17-11-13-20(16-18(17)2)28-24(21-10-6-7-15-27-21)23(25(30)26(28)31)22(29)14-12-19-8-4-3-5-9-19/h3-11,13,15-16,24,30H,12,14H2,1-2H3. The molecule has 5 heteroatoms. The maximum absolute atomic E-state index is 13.2. The molecule has 2 heterocycles. The zero-order valence-electron chi connectivity index (χ0n) is 17.6. The predicted octanol–water partition coefficient (Wildman–Crippen LogP) is 4.80. The summed E-state index contributed by atoms with van der Waals surface area (Å²) in [5.41, 5.74) is 4.43. The number of pyridine rings is 1. The number of ketones is 1. The fraction of sp³-hybridized carbons (Fsp3) is 0.192. The van der Waals surface area contributed by atoms with E-state index in [1.165, 1.54) is 4.90 Å². The van der Waals surface area contributed by atoms with Crippen LogP contribution >= 0.6 is 0 Å². The molecule has 0 bridgehead atoms. The molecule has 0 aliphatic carbocycles. The van der Waals surface area contributed by atoms with Crippen molar-refractivity contribution in [3.05, 3.63) is 107 Å². The fourth-order valence-corrected chi connectivity index (χ4v) is 3.89. The Labute approximate surface area is 181 Å². The van der Waals surface area contributed by atoms with Crippen LogP contribution in [0.25, 0.3) is 0 Å². The molecule has 1 N–H and O–H groups in total. The Hall–Kier alpha value is -3.73. The van der Waals surface area contributed by atoms with Crippen LogP contribution < -0.4 is 4.90 Å². The number of benzene rings is 2. The number of anilines is 1. The Morgan fingerprint density at radius 3 is 2.42 bits per heavy atom. The first kappa shape index (κ1) is 20.5. The summed E-state index contributed by atoms with van der Waals surface area (Å²) in [5, 5.41) is 10.8. The molecule has 3 aromatic rings. The molecule has 0 saturated carbocycles. The minimum atomic E-state index is -0.765. The van der Waals surface area contributed by atoms with Gasteiger partial charge in [-0.3, -0.25) is 19.5 Å². The normalized spacial score (nSPS) is 16.1. The molecule has 0 radical (unpaired) electrons. The maximum atomic E-state index is 13.2. The van der Waals surface area contributed by atoms with Crippen LogP contribution in [0.2, 0.25) is 0 Å². The highest BCUT2D eigenvalue weighted by Crippen LogP contribution is 2.41. The molecule has 4 rings (SSSR count). The number of aliphatic hydroxyl groups excluding tert-OH is 1. The van der Waals surface area contributed by atoms with Crippen LogP contribution in [0.5, 0.6) is 0 Å². The third kappa shape index (κ3) is 3.99. The molecule has 2 aromatic carbocycles. The highest BCUT2D eigenvalue weighted by molar-refractivity contribution is 6.16. The first-order valence-corrected chi connectivity index (χ1v) is 10.3. The monoisotopic (exact) mass is 412 g/mol. The van der Waals surface area contributed by atoms with Crippen LogP contribution in [0.4, 0.5) is 5.69 Å². The second-order valence-electron chi connectivity index (χ2n) is 7.77. The lowest BCUT2D eigenvalue weighted by Crippen LogP contribution is -2.31. The molecule has 1 aliphatic heterocycles. The fourth-order valence-electron chi connectivity index (χ4n) is 3.89. The van der Waals surface area contributed by atoms with Gasteiger partial charge in [-0.05, 0) is 61.2 Å². The summed E-state index contributed by atoms with van der Waals surface area (Å²) in [6.07, 6.45) is 2.35. The van der Waals surface area contributed by atoms with E-state index in [1.54, 1.807) is 18.3 Å². The number of Topliss-reactive ketones (excluding diaryl/α,β-unsaturated/α-hetero) is 1. The summed E-state index contributed by atoms with van der Waals surface area (Å²) in [6, 6.07) is 19.9. The van der Waals surface area contributed by atoms with Crippen molar-refractivity contribution in [2.45, 2.75) is 32.7 Å². The van der Waals surface area contributed by atoms with E-state index in [-0.39, 0.29) is 17.8 Å². The highest BCUT2D eigenvalue weighted by atomic mass is 16.3. The van der Waals surface area contributed by atoms with Crippen molar-refractivity contribution >= 4 is 17.4 Å². The third-order valence-electron chi connectivity index (χ3n) is 5.73. The Bertz CT molecular complexity index is 1150. The summed E-state index contributed by atoms with van der Waals surface area (Å²) >= 11 is 0. The number of aryl methyl sites for hydroxylation is 3. The van der Waals surface area contributed by atoms with Gasteiger partial charge in [-0.2, -0.15) is 0 Å². The van der Waals surface area contributed by atoms with Gasteiger partial charge in [0.2, 0.25) is 0 Å². The van der Waals surface area contributed by atoms with Gasteiger partial charge in [0.1, 0.15) is 6.04 Å². The van der Waals surface area contributed by atoms with Crippen molar-refractivity contribution in [1.82, 2.24) is 4.98 Å². The van der Waals surface area contributed by atoms with Gasteiger partial charge < -0.3 is 5.11 Å². The van der Waals surface area contributed by atoms with Gasteiger partial charge in [-0.1, -0.05) is 42.5 Å². The number of aliphatic hydroxyl groups is 1. The lowest BCUT2D eigenvalue weighted by molar-refractivity contribution is -0.118.